The zero-order valence-electron chi connectivity index (χ0n) is 11.4. The molecule has 17 heavy (non-hydrogen) atoms. The smallest absolute Gasteiger partial charge is 0.135 e. The summed E-state index contributed by atoms with van der Waals surface area (Å²) < 4.78 is 5.66. The molecule has 0 aromatic heterocycles. The van der Waals surface area contributed by atoms with Crippen LogP contribution in [0.2, 0.25) is 0 Å². The number of ether oxygens (including phenoxy) is 1. The number of fused-ring (bicyclic) bond motifs is 1. The Labute approximate surface area is 104 Å². The maximum atomic E-state index is 7.00. The van der Waals surface area contributed by atoms with Gasteiger partial charge in [-0.15, -0.1) is 0 Å². The maximum absolute atomic E-state index is 7.00. The van der Waals surface area contributed by atoms with Crippen LogP contribution in [0, 0.1) is 5.92 Å². The zero-order valence-corrected chi connectivity index (χ0v) is 11.4. The average Bonchev–Trinajstić information content (AvgIpc) is 2.93. The van der Waals surface area contributed by atoms with Gasteiger partial charge in [0.05, 0.1) is 5.71 Å². The summed E-state index contributed by atoms with van der Waals surface area (Å²) in [5.41, 5.74) is 0.938. The summed E-state index contributed by atoms with van der Waals surface area (Å²) in [6, 6.07) is 0. The fraction of sp³-hybridized carbons (Fsp3) is 0.923. The van der Waals surface area contributed by atoms with Crippen LogP contribution in [-0.4, -0.2) is 36.7 Å². The predicted molar refractivity (Wildman–Crippen MR) is 68.1 cm³/mol. The van der Waals surface area contributed by atoms with Crippen LogP contribution >= 0.6 is 0 Å². The molecular weight excluding hydrogens is 218 g/mol. The summed E-state index contributed by atoms with van der Waals surface area (Å²) in [7, 11) is 2.78. The Balaban J connectivity index is 0.000000686. The molecular formula is C13H25NO3. The molecule has 2 rings (SSSR count). The lowest BCUT2D eigenvalue weighted by Crippen LogP contribution is -2.41. The number of hydrogen-bond donors (Lipinski definition) is 1. The van der Waals surface area contributed by atoms with E-state index in [1.165, 1.54) is 12.8 Å². The van der Waals surface area contributed by atoms with E-state index in [2.05, 4.69) is 19.0 Å². The second-order valence-electron chi connectivity index (χ2n) is 4.84. The Morgan fingerprint density at radius 2 is 2.18 bits per heavy atom. The van der Waals surface area contributed by atoms with Gasteiger partial charge in [-0.3, -0.25) is 0 Å². The number of oxime groups is 1. The first kappa shape index (κ1) is 14.5. The molecule has 0 saturated heterocycles. The van der Waals surface area contributed by atoms with E-state index in [-0.39, 0.29) is 5.60 Å². The first-order valence-corrected chi connectivity index (χ1v) is 6.45. The van der Waals surface area contributed by atoms with E-state index in [0.717, 1.165) is 32.1 Å². The summed E-state index contributed by atoms with van der Waals surface area (Å²) in [6.07, 6.45) is 6.11. The van der Waals surface area contributed by atoms with Gasteiger partial charge in [-0.1, -0.05) is 18.5 Å². The van der Waals surface area contributed by atoms with Gasteiger partial charge in [-0.05, 0) is 32.6 Å². The van der Waals surface area contributed by atoms with E-state index in [9.17, 15) is 0 Å². The normalized spacial score (nSPS) is 29.6. The summed E-state index contributed by atoms with van der Waals surface area (Å²) >= 11 is 0. The lowest BCUT2D eigenvalue weighted by atomic mass is 9.84. The maximum Gasteiger partial charge on any atom is 0.135 e. The number of aliphatic hydroxyl groups is 1. The second-order valence-corrected chi connectivity index (χ2v) is 4.84. The first-order valence-electron chi connectivity index (χ1n) is 6.45. The zero-order chi connectivity index (χ0) is 12.9. The van der Waals surface area contributed by atoms with Gasteiger partial charge in [0.2, 0.25) is 0 Å². The molecule has 0 aromatic rings. The topological polar surface area (TPSA) is 51.0 Å². The molecule has 2 aliphatic rings. The van der Waals surface area contributed by atoms with Crippen LogP contribution in [-0.2, 0) is 9.57 Å². The van der Waals surface area contributed by atoms with E-state index < -0.39 is 0 Å². The number of rotatable bonds is 4. The Hall–Kier alpha value is -0.610. The highest BCUT2D eigenvalue weighted by molar-refractivity contribution is 5.95. The van der Waals surface area contributed by atoms with Crippen molar-refractivity contribution < 1.29 is 14.7 Å². The quantitative estimate of drug-likeness (QED) is 0.824. The van der Waals surface area contributed by atoms with E-state index in [1.54, 1.807) is 7.11 Å². The van der Waals surface area contributed by atoms with Gasteiger partial charge in [0.25, 0.3) is 0 Å². The van der Waals surface area contributed by atoms with Crippen molar-refractivity contribution in [2.45, 2.75) is 57.7 Å². The van der Waals surface area contributed by atoms with Crippen molar-refractivity contribution in [1.29, 1.82) is 0 Å². The van der Waals surface area contributed by atoms with Crippen molar-refractivity contribution in [3.8, 4) is 0 Å². The van der Waals surface area contributed by atoms with Gasteiger partial charge in [0.1, 0.15) is 11.7 Å². The summed E-state index contributed by atoms with van der Waals surface area (Å²) in [6.45, 7) is 4.32. The summed E-state index contributed by atoms with van der Waals surface area (Å²) in [5, 5.41) is 11.3. The molecule has 1 heterocycles. The number of nitrogens with zero attached hydrogens (tertiary/aromatic N) is 1. The van der Waals surface area contributed by atoms with Crippen LogP contribution in [0.1, 0.15) is 46.0 Å². The average molecular weight is 243 g/mol. The molecule has 0 radical (unpaired) electrons. The van der Waals surface area contributed by atoms with E-state index in [1.807, 2.05) is 0 Å². The molecule has 1 fully saturated rings. The van der Waals surface area contributed by atoms with Crippen molar-refractivity contribution >= 4 is 5.71 Å². The number of aliphatic hydroxyl groups excluding tert-OH is 1. The molecule has 1 saturated carbocycles. The van der Waals surface area contributed by atoms with Crippen LogP contribution in [0.25, 0.3) is 0 Å². The highest BCUT2D eigenvalue weighted by atomic mass is 16.6. The highest BCUT2D eigenvalue weighted by Gasteiger charge is 2.46. The third kappa shape index (κ3) is 2.80. The SMILES string of the molecule is CCC[C@](C)(OC)C1=NOC2CCCC12.CO. The minimum atomic E-state index is -0.210. The van der Waals surface area contributed by atoms with Gasteiger partial charge in [-0.2, -0.15) is 0 Å². The molecule has 1 aliphatic heterocycles. The Bertz CT molecular complexity index is 267. The van der Waals surface area contributed by atoms with Crippen LogP contribution < -0.4 is 0 Å². The van der Waals surface area contributed by atoms with Gasteiger partial charge >= 0.3 is 0 Å². The minimum absolute atomic E-state index is 0.210. The fourth-order valence-electron chi connectivity index (χ4n) is 2.86. The van der Waals surface area contributed by atoms with E-state index >= 15 is 0 Å². The third-order valence-electron chi connectivity index (χ3n) is 3.81. The molecule has 100 valence electrons. The van der Waals surface area contributed by atoms with Crippen molar-refractivity contribution in [2.24, 2.45) is 11.1 Å². The van der Waals surface area contributed by atoms with E-state index in [4.69, 9.17) is 14.7 Å². The predicted octanol–water partition coefficient (Wildman–Crippen LogP) is 2.36. The molecule has 0 amide bonds. The van der Waals surface area contributed by atoms with Crippen LogP contribution in [0.15, 0.2) is 5.16 Å². The van der Waals surface area contributed by atoms with Gasteiger partial charge < -0.3 is 14.7 Å². The van der Waals surface area contributed by atoms with Crippen molar-refractivity contribution in [3.05, 3.63) is 0 Å². The molecule has 0 aromatic carbocycles. The fourth-order valence-corrected chi connectivity index (χ4v) is 2.86. The number of methoxy groups -OCH3 is 1. The van der Waals surface area contributed by atoms with Crippen molar-refractivity contribution in [3.63, 3.8) is 0 Å². The highest BCUT2D eigenvalue weighted by Crippen LogP contribution is 2.39. The molecule has 0 spiro atoms. The lowest BCUT2D eigenvalue weighted by Gasteiger charge is -2.29. The summed E-state index contributed by atoms with van der Waals surface area (Å²) in [4.78, 5) is 5.49. The summed E-state index contributed by atoms with van der Waals surface area (Å²) in [5.74, 6) is 0.515. The Kier molecular flexibility index (Phi) is 5.40. The van der Waals surface area contributed by atoms with Crippen LogP contribution in [0.4, 0.5) is 0 Å². The standard InChI is InChI=1S/C12H21NO2.CH4O/c1-4-8-12(2,14-3)11-9-6-5-7-10(9)15-13-11;1-2/h9-10H,4-8H2,1-3H3;2H,1H3/t9?,10?,12-;/m0./s1. The van der Waals surface area contributed by atoms with Gasteiger partial charge in [0, 0.05) is 20.1 Å². The van der Waals surface area contributed by atoms with Gasteiger partial charge in [-0.25, -0.2) is 0 Å². The first-order chi connectivity index (χ1) is 8.21. The lowest BCUT2D eigenvalue weighted by molar-refractivity contribution is 0.0545. The molecule has 4 nitrogen and oxygen atoms in total. The largest absolute Gasteiger partial charge is 0.400 e. The molecule has 1 aliphatic carbocycles. The van der Waals surface area contributed by atoms with Gasteiger partial charge in [0.15, 0.2) is 0 Å². The molecule has 1 N–H and O–H groups in total. The van der Waals surface area contributed by atoms with Crippen molar-refractivity contribution in [2.75, 3.05) is 14.2 Å². The number of hydrogen-bond acceptors (Lipinski definition) is 4. The second kappa shape index (κ2) is 6.36. The molecule has 2 unspecified atom stereocenters. The van der Waals surface area contributed by atoms with Crippen LogP contribution in [0.3, 0.4) is 0 Å². The van der Waals surface area contributed by atoms with E-state index in [0.29, 0.717) is 12.0 Å². The molecule has 3 atom stereocenters. The van der Waals surface area contributed by atoms with Crippen LogP contribution in [0.5, 0.6) is 0 Å². The monoisotopic (exact) mass is 243 g/mol. The Morgan fingerprint density at radius 1 is 1.47 bits per heavy atom. The van der Waals surface area contributed by atoms with Crippen molar-refractivity contribution in [1.82, 2.24) is 0 Å². The Morgan fingerprint density at radius 3 is 2.76 bits per heavy atom. The molecule has 4 heteroatoms. The minimum Gasteiger partial charge on any atom is -0.400 e. The molecule has 0 bridgehead atoms. The third-order valence-corrected chi connectivity index (χ3v) is 3.81.